The van der Waals surface area contributed by atoms with Crippen LogP contribution in [-0.2, 0) is 4.79 Å². The van der Waals surface area contributed by atoms with E-state index in [0.717, 1.165) is 6.04 Å². The Hall–Kier alpha value is -0.610. The van der Waals surface area contributed by atoms with Crippen LogP contribution in [-0.4, -0.2) is 41.1 Å². The van der Waals surface area contributed by atoms with Crippen LogP contribution in [0.2, 0.25) is 0 Å². The monoisotopic (exact) mass is 271 g/mol. The first-order valence-corrected chi connectivity index (χ1v) is 6.88. The van der Waals surface area contributed by atoms with Gasteiger partial charge in [0.1, 0.15) is 0 Å². The van der Waals surface area contributed by atoms with Gasteiger partial charge in [0, 0.05) is 18.6 Å². The van der Waals surface area contributed by atoms with Crippen molar-refractivity contribution in [2.24, 2.45) is 0 Å². The molecule has 2 rings (SSSR count). The van der Waals surface area contributed by atoms with Crippen molar-refractivity contribution < 1.29 is 4.79 Å². The SMILES string of the molecule is C.CC1CCC(C)(C)N1.CC1NC(C)(C)N(C)C1=O. The highest BCUT2D eigenvalue weighted by molar-refractivity contribution is 5.84. The smallest absolute Gasteiger partial charge is 0.240 e. The van der Waals surface area contributed by atoms with Crippen LogP contribution in [0.15, 0.2) is 0 Å². The van der Waals surface area contributed by atoms with Crippen molar-refractivity contribution in [3.63, 3.8) is 0 Å². The molecular weight excluding hydrogens is 238 g/mol. The Morgan fingerprint density at radius 3 is 1.79 bits per heavy atom. The zero-order valence-electron chi connectivity index (χ0n) is 12.9. The predicted molar refractivity (Wildman–Crippen MR) is 82.1 cm³/mol. The van der Waals surface area contributed by atoms with Crippen LogP contribution in [0, 0.1) is 0 Å². The summed E-state index contributed by atoms with van der Waals surface area (Å²) in [6, 6.07) is 0.713. The lowest BCUT2D eigenvalue weighted by Gasteiger charge is -2.26. The summed E-state index contributed by atoms with van der Waals surface area (Å²) in [6.07, 6.45) is 2.67. The van der Waals surface area contributed by atoms with Crippen molar-refractivity contribution in [3.05, 3.63) is 0 Å². The fourth-order valence-corrected chi connectivity index (χ4v) is 2.64. The van der Waals surface area contributed by atoms with Gasteiger partial charge in [-0.25, -0.2) is 0 Å². The fraction of sp³-hybridized carbons (Fsp3) is 0.933. The van der Waals surface area contributed by atoms with E-state index in [-0.39, 0.29) is 25.0 Å². The Kier molecular flexibility index (Phi) is 6.03. The van der Waals surface area contributed by atoms with Crippen LogP contribution >= 0.6 is 0 Å². The van der Waals surface area contributed by atoms with Gasteiger partial charge in [0.15, 0.2) is 0 Å². The number of carbonyl (C=O) groups is 1. The minimum atomic E-state index is -0.170. The molecule has 19 heavy (non-hydrogen) atoms. The van der Waals surface area contributed by atoms with Crippen molar-refractivity contribution in [3.8, 4) is 0 Å². The van der Waals surface area contributed by atoms with Crippen molar-refractivity contribution in [2.45, 2.75) is 85.1 Å². The first-order chi connectivity index (χ1) is 8.05. The molecule has 1 amide bonds. The number of amides is 1. The minimum absolute atomic E-state index is 0. The highest BCUT2D eigenvalue weighted by Crippen LogP contribution is 2.21. The summed E-state index contributed by atoms with van der Waals surface area (Å²) in [7, 11) is 1.82. The maximum atomic E-state index is 11.2. The molecule has 2 aliphatic heterocycles. The quantitative estimate of drug-likeness (QED) is 0.711. The van der Waals surface area contributed by atoms with Crippen LogP contribution in [0.25, 0.3) is 0 Å². The first-order valence-electron chi connectivity index (χ1n) is 6.88. The van der Waals surface area contributed by atoms with Crippen LogP contribution in [0.1, 0.15) is 61.8 Å². The van der Waals surface area contributed by atoms with E-state index in [1.165, 1.54) is 12.8 Å². The molecule has 0 bridgehead atoms. The molecule has 2 heterocycles. The highest BCUT2D eigenvalue weighted by atomic mass is 16.2. The van der Waals surface area contributed by atoms with Gasteiger partial charge in [-0.15, -0.1) is 0 Å². The summed E-state index contributed by atoms with van der Waals surface area (Å²) >= 11 is 0. The summed E-state index contributed by atoms with van der Waals surface area (Å²) in [5.41, 5.74) is 0.246. The molecule has 0 aliphatic carbocycles. The number of nitrogens with zero attached hydrogens (tertiary/aromatic N) is 1. The number of carbonyl (C=O) groups excluding carboxylic acids is 1. The predicted octanol–water partition coefficient (Wildman–Crippen LogP) is 2.35. The fourth-order valence-electron chi connectivity index (χ4n) is 2.64. The second-order valence-corrected chi connectivity index (χ2v) is 6.79. The van der Waals surface area contributed by atoms with Gasteiger partial charge >= 0.3 is 0 Å². The summed E-state index contributed by atoms with van der Waals surface area (Å²) in [5.74, 6) is 0.171. The van der Waals surface area contributed by atoms with Crippen molar-refractivity contribution >= 4 is 5.91 Å². The molecule has 2 N–H and O–H groups in total. The normalized spacial score (nSPS) is 31.5. The highest BCUT2D eigenvalue weighted by Gasteiger charge is 2.39. The van der Waals surface area contributed by atoms with Crippen molar-refractivity contribution in [1.29, 1.82) is 0 Å². The van der Waals surface area contributed by atoms with Gasteiger partial charge in [-0.3, -0.25) is 10.1 Å². The van der Waals surface area contributed by atoms with Crippen LogP contribution in [0.3, 0.4) is 0 Å². The van der Waals surface area contributed by atoms with Gasteiger partial charge in [0.2, 0.25) is 5.91 Å². The minimum Gasteiger partial charge on any atom is -0.327 e. The molecule has 4 nitrogen and oxygen atoms in total. The van der Waals surface area contributed by atoms with Gasteiger partial charge < -0.3 is 10.2 Å². The topological polar surface area (TPSA) is 44.4 Å². The molecule has 0 spiro atoms. The average Bonchev–Trinajstić information content (AvgIpc) is 2.61. The number of nitrogens with one attached hydrogen (secondary N) is 2. The number of hydrogen-bond donors (Lipinski definition) is 2. The summed E-state index contributed by atoms with van der Waals surface area (Å²) in [4.78, 5) is 12.9. The second kappa shape index (κ2) is 6.23. The zero-order valence-corrected chi connectivity index (χ0v) is 12.9. The third-order valence-electron chi connectivity index (χ3n) is 3.95. The lowest BCUT2D eigenvalue weighted by Crippen LogP contribution is -2.44. The third-order valence-corrected chi connectivity index (χ3v) is 3.95. The average molecular weight is 271 g/mol. The number of likely N-dealkylation sites (N-methyl/N-ethyl adjacent to an activating group) is 1. The molecule has 0 aromatic carbocycles. The number of rotatable bonds is 0. The lowest BCUT2D eigenvalue weighted by atomic mass is 10.0. The van der Waals surface area contributed by atoms with E-state index in [1.54, 1.807) is 4.90 Å². The van der Waals surface area contributed by atoms with E-state index in [0.29, 0.717) is 5.54 Å². The number of hydrogen-bond acceptors (Lipinski definition) is 3. The van der Waals surface area contributed by atoms with E-state index >= 15 is 0 Å². The van der Waals surface area contributed by atoms with E-state index in [2.05, 4.69) is 31.4 Å². The molecule has 2 unspecified atom stereocenters. The summed E-state index contributed by atoms with van der Waals surface area (Å²) < 4.78 is 0. The van der Waals surface area contributed by atoms with Crippen molar-refractivity contribution in [2.75, 3.05) is 7.05 Å². The molecule has 0 aromatic heterocycles. The maximum Gasteiger partial charge on any atom is 0.240 e. The van der Waals surface area contributed by atoms with Gasteiger partial charge in [0.25, 0.3) is 0 Å². The Bertz CT molecular complexity index is 313. The molecule has 0 saturated carbocycles. The molecule has 2 aliphatic rings. The van der Waals surface area contributed by atoms with Gasteiger partial charge in [0.05, 0.1) is 11.7 Å². The molecule has 0 aromatic rings. The zero-order chi connectivity index (χ0) is 14.1. The van der Waals surface area contributed by atoms with Gasteiger partial charge in [-0.05, 0) is 54.4 Å². The summed E-state index contributed by atoms with van der Waals surface area (Å²) in [5, 5.41) is 6.66. The molecular formula is C15H33N3O. The standard InChI is InChI=1S/C7H14N2O.C7H15N.CH4/c1-5-6(10)9(4)7(2,3)8-5;1-6-4-5-7(2,3)8-6;/h5,8H,1-4H3;6,8H,4-5H2,1-3H3;1H4. The van der Waals surface area contributed by atoms with E-state index in [4.69, 9.17) is 0 Å². The van der Waals surface area contributed by atoms with Crippen LogP contribution < -0.4 is 10.6 Å². The third kappa shape index (κ3) is 4.77. The molecule has 2 atom stereocenters. The molecule has 0 radical (unpaired) electrons. The molecule has 114 valence electrons. The van der Waals surface area contributed by atoms with Crippen LogP contribution in [0.4, 0.5) is 0 Å². The van der Waals surface area contributed by atoms with Gasteiger partial charge in [-0.2, -0.15) is 0 Å². The van der Waals surface area contributed by atoms with Crippen molar-refractivity contribution in [1.82, 2.24) is 15.5 Å². The summed E-state index contributed by atoms with van der Waals surface area (Å²) in [6.45, 7) is 12.6. The first kappa shape index (κ1) is 18.4. The van der Waals surface area contributed by atoms with Gasteiger partial charge in [-0.1, -0.05) is 7.43 Å². The molecule has 2 fully saturated rings. The molecule has 4 heteroatoms. The Balaban J connectivity index is 0.000000331. The Morgan fingerprint density at radius 2 is 1.68 bits per heavy atom. The Labute approximate surface area is 119 Å². The molecule has 2 saturated heterocycles. The van der Waals surface area contributed by atoms with E-state index in [1.807, 2.05) is 27.8 Å². The second-order valence-electron chi connectivity index (χ2n) is 6.79. The van der Waals surface area contributed by atoms with E-state index < -0.39 is 0 Å². The van der Waals surface area contributed by atoms with Crippen LogP contribution in [0.5, 0.6) is 0 Å². The maximum absolute atomic E-state index is 11.2. The largest absolute Gasteiger partial charge is 0.327 e. The Morgan fingerprint density at radius 1 is 1.16 bits per heavy atom. The van der Waals surface area contributed by atoms with E-state index in [9.17, 15) is 4.79 Å². The lowest BCUT2D eigenvalue weighted by molar-refractivity contribution is -0.129.